The van der Waals surface area contributed by atoms with Gasteiger partial charge in [-0.2, -0.15) is 0 Å². The van der Waals surface area contributed by atoms with Crippen LogP contribution in [0.15, 0.2) is 25.6 Å². The lowest BCUT2D eigenvalue weighted by atomic mass is 10.3. The Kier molecular flexibility index (Phi) is 4.76. The predicted molar refractivity (Wildman–Crippen MR) is 65.3 cm³/mol. The Morgan fingerprint density at radius 3 is 2.31 bits per heavy atom. The quantitative estimate of drug-likeness (QED) is 0.695. The Morgan fingerprint density at radius 1 is 1.08 bits per heavy atom. The van der Waals surface area contributed by atoms with Crippen molar-refractivity contribution in [3.63, 3.8) is 0 Å². The van der Waals surface area contributed by atoms with Gasteiger partial charge in [-0.15, -0.1) is 0 Å². The molecular formula is C9H9Br3O. The van der Waals surface area contributed by atoms with Gasteiger partial charge < -0.3 is 4.74 Å². The molecule has 0 amide bonds. The van der Waals surface area contributed by atoms with E-state index in [4.69, 9.17) is 4.74 Å². The molecule has 1 rings (SSSR count). The molecule has 4 heteroatoms. The minimum absolute atomic E-state index is 0.743. The van der Waals surface area contributed by atoms with Crippen LogP contribution in [0.5, 0.6) is 5.75 Å². The number of hydrogen-bond acceptors (Lipinski definition) is 1. The minimum Gasteiger partial charge on any atom is -0.492 e. The standard InChI is InChI=1S/C9H9Br3O/c1-2-3-13-9-5-7(11)6(10)4-8(9)12/h4-5H,2-3H2,1H3. The number of benzene rings is 1. The highest BCUT2D eigenvalue weighted by Crippen LogP contribution is 2.34. The van der Waals surface area contributed by atoms with E-state index in [-0.39, 0.29) is 0 Å². The van der Waals surface area contributed by atoms with Gasteiger partial charge in [-0.3, -0.25) is 0 Å². The lowest BCUT2D eigenvalue weighted by molar-refractivity contribution is 0.315. The molecule has 0 aliphatic heterocycles. The number of rotatable bonds is 3. The van der Waals surface area contributed by atoms with Gasteiger partial charge in [0.25, 0.3) is 0 Å². The molecule has 0 atom stereocenters. The van der Waals surface area contributed by atoms with Gasteiger partial charge in [0.2, 0.25) is 0 Å². The zero-order valence-electron chi connectivity index (χ0n) is 7.11. The van der Waals surface area contributed by atoms with Crippen LogP contribution in [-0.2, 0) is 0 Å². The summed E-state index contributed by atoms with van der Waals surface area (Å²) >= 11 is 10.3. The molecule has 0 spiro atoms. The molecule has 0 bridgehead atoms. The summed E-state index contributed by atoms with van der Waals surface area (Å²) in [5, 5.41) is 0. The first-order chi connectivity index (χ1) is 6.15. The molecular weight excluding hydrogens is 364 g/mol. The summed E-state index contributed by atoms with van der Waals surface area (Å²) in [6.45, 7) is 2.83. The summed E-state index contributed by atoms with van der Waals surface area (Å²) in [7, 11) is 0. The van der Waals surface area contributed by atoms with Crippen LogP contribution in [0.3, 0.4) is 0 Å². The molecule has 0 aliphatic rings. The van der Waals surface area contributed by atoms with Crippen molar-refractivity contribution < 1.29 is 4.74 Å². The second-order valence-electron chi connectivity index (χ2n) is 2.55. The molecule has 13 heavy (non-hydrogen) atoms. The van der Waals surface area contributed by atoms with Crippen molar-refractivity contribution in [3.05, 3.63) is 25.6 Å². The normalized spacial score (nSPS) is 10.2. The summed E-state index contributed by atoms with van der Waals surface area (Å²) in [5.74, 6) is 0.872. The fraction of sp³-hybridized carbons (Fsp3) is 0.333. The monoisotopic (exact) mass is 370 g/mol. The van der Waals surface area contributed by atoms with Crippen LogP contribution in [0.2, 0.25) is 0 Å². The number of ether oxygens (including phenoxy) is 1. The fourth-order valence-corrected chi connectivity index (χ4v) is 2.26. The average molecular weight is 373 g/mol. The average Bonchev–Trinajstić information content (AvgIpc) is 2.09. The molecule has 1 aromatic rings. The molecule has 72 valence electrons. The van der Waals surface area contributed by atoms with E-state index in [1.165, 1.54) is 0 Å². The predicted octanol–water partition coefficient (Wildman–Crippen LogP) is 4.76. The Balaban J connectivity index is 2.88. The van der Waals surface area contributed by atoms with Crippen LogP contribution in [0.1, 0.15) is 13.3 Å². The Labute approximate surface area is 103 Å². The molecule has 0 saturated carbocycles. The van der Waals surface area contributed by atoms with E-state index < -0.39 is 0 Å². The Hall–Kier alpha value is 0.460. The van der Waals surface area contributed by atoms with E-state index in [0.717, 1.165) is 32.2 Å². The van der Waals surface area contributed by atoms with Gasteiger partial charge in [0.1, 0.15) is 5.75 Å². The zero-order chi connectivity index (χ0) is 9.84. The topological polar surface area (TPSA) is 9.23 Å². The van der Waals surface area contributed by atoms with Crippen LogP contribution in [0.4, 0.5) is 0 Å². The summed E-state index contributed by atoms with van der Waals surface area (Å²) in [4.78, 5) is 0. The lowest BCUT2D eigenvalue weighted by Gasteiger charge is -2.08. The van der Waals surface area contributed by atoms with Gasteiger partial charge in [0.05, 0.1) is 11.1 Å². The SMILES string of the molecule is CCCOc1cc(Br)c(Br)cc1Br. The molecule has 0 unspecified atom stereocenters. The van der Waals surface area contributed by atoms with Crippen molar-refractivity contribution in [2.24, 2.45) is 0 Å². The highest BCUT2D eigenvalue weighted by atomic mass is 79.9. The van der Waals surface area contributed by atoms with E-state index >= 15 is 0 Å². The number of halogens is 3. The molecule has 0 saturated heterocycles. The van der Waals surface area contributed by atoms with Gasteiger partial charge >= 0.3 is 0 Å². The van der Waals surface area contributed by atoms with Crippen LogP contribution in [0.25, 0.3) is 0 Å². The number of hydrogen-bond donors (Lipinski definition) is 0. The van der Waals surface area contributed by atoms with Gasteiger partial charge in [0, 0.05) is 8.95 Å². The summed E-state index contributed by atoms with van der Waals surface area (Å²) in [6, 6.07) is 3.92. The highest BCUT2D eigenvalue weighted by Gasteiger charge is 2.05. The Bertz CT molecular complexity index is 299. The molecule has 0 aliphatic carbocycles. The third-order valence-corrected chi connectivity index (χ3v) is 3.90. The second-order valence-corrected chi connectivity index (χ2v) is 5.11. The maximum Gasteiger partial charge on any atom is 0.134 e. The van der Waals surface area contributed by atoms with Gasteiger partial charge in [-0.05, 0) is 66.3 Å². The van der Waals surface area contributed by atoms with Crippen LogP contribution in [-0.4, -0.2) is 6.61 Å². The maximum absolute atomic E-state index is 5.52. The highest BCUT2D eigenvalue weighted by molar-refractivity contribution is 9.13. The van der Waals surface area contributed by atoms with Gasteiger partial charge in [-0.1, -0.05) is 6.92 Å². The van der Waals surface area contributed by atoms with E-state index in [2.05, 4.69) is 54.7 Å². The van der Waals surface area contributed by atoms with E-state index in [1.807, 2.05) is 12.1 Å². The maximum atomic E-state index is 5.52. The molecule has 0 N–H and O–H groups in total. The fourth-order valence-electron chi connectivity index (χ4n) is 0.827. The zero-order valence-corrected chi connectivity index (χ0v) is 11.9. The van der Waals surface area contributed by atoms with Crippen LogP contribution < -0.4 is 4.74 Å². The molecule has 1 nitrogen and oxygen atoms in total. The van der Waals surface area contributed by atoms with Crippen LogP contribution in [0, 0.1) is 0 Å². The van der Waals surface area contributed by atoms with Crippen molar-refractivity contribution in [2.45, 2.75) is 13.3 Å². The second kappa shape index (κ2) is 5.37. The van der Waals surface area contributed by atoms with Crippen molar-refractivity contribution in [2.75, 3.05) is 6.61 Å². The van der Waals surface area contributed by atoms with Crippen molar-refractivity contribution in [3.8, 4) is 5.75 Å². The van der Waals surface area contributed by atoms with Crippen LogP contribution >= 0.6 is 47.8 Å². The third kappa shape index (κ3) is 3.26. The molecule has 0 heterocycles. The summed E-state index contributed by atoms with van der Waals surface area (Å²) in [5.41, 5.74) is 0. The minimum atomic E-state index is 0.743. The van der Waals surface area contributed by atoms with Gasteiger partial charge in [0.15, 0.2) is 0 Å². The van der Waals surface area contributed by atoms with E-state index in [1.54, 1.807) is 0 Å². The first-order valence-corrected chi connectivity index (χ1v) is 6.30. The third-order valence-electron chi connectivity index (χ3n) is 1.44. The van der Waals surface area contributed by atoms with Crippen molar-refractivity contribution in [1.82, 2.24) is 0 Å². The first kappa shape index (κ1) is 11.5. The van der Waals surface area contributed by atoms with Crippen molar-refractivity contribution >= 4 is 47.8 Å². The largest absolute Gasteiger partial charge is 0.492 e. The molecule has 1 aromatic carbocycles. The molecule has 0 aromatic heterocycles. The van der Waals surface area contributed by atoms with Crippen molar-refractivity contribution in [1.29, 1.82) is 0 Å². The van der Waals surface area contributed by atoms with E-state index in [9.17, 15) is 0 Å². The van der Waals surface area contributed by atoms with Gasteiger partial charge in [-0.25, -0.2) is 0 Å². The smallest absolute Gasteiger partial charge is 0.134 e. The summed E-state index contributed by atoms with van der Waals surface area (Å²) < 4.78 is 8.51. The lowest BCUT2D eigenvalue weighted by Crippen LogP contribution is -1.95. The molecule has 0 fully saturated rings. The molecule has 0 radical (unpaired) electrons. The first-order valence-electron chi connectivity index (χ1n) is 3.92. The van der Waals surface area contributed by atoms with E-state index in [0.29, 0.717) is 0 Å². The Morgan fingerprint density at radius 2 is 1.69 bits per heavy atom. The summed E-state index contributed by atoms with van der Waals surface area (Å²) in [6.07, 6.45) is 1.01.